The van der Waals surface area contributed by atoms with E-state index in [1.54, 1.807) is 0 Å². The first-order valence-electron chi connectivity index (χ1n) is 7.40. The summed E-state index contributed by atoms with van der Waals surface area (Å²) in [6, 6.07) is -0.281. The molecule has 0 radical (unpaired) electrons. The van der Waals surface area contributed by atoms with E-state index in [1.165, 1.54) is 0 Å². The van der Waals surface area contributed by atoms with E-state index in [4.69, 9.17) is 5.73 Å². The summed E-state index contributed by atoms with van der Waals surface area (Å²) in [5.74, 6) is 0.893. The summed E-state index contributed by atoms with van der Waals surface area (Å²) in [5, 5.41) is 0. The summed E-state index contributed by atoms with van der Waals surface area (Å²) in [7, 11) is 0. The molecular weight excluding hydrogens is 224 g/mol. The molecule has 0 bridgehead atoms. The second kappa shape index (κ2) is 6.55. The number of piperidine rings is 1. The Bertz CT molecular complexity index is 262. The van der Waals surface area contributed by atoms with Gasteiger partial charge in [-0.05, 0) is 30.6 Å². The molecule has 2 N–H and O–H groups in total. The molecule has 1 aliphatic heterocycles. The third-order valence-electron chi connectivity index (χ3n) is 4.22. The topological polar surface area (TPSA) is 46.3 Å². The third kappa shape index (κ3) is 4.27. The van der Waals surface area contributed by atoms with E-state index < -0.39 is 0 Å². The fourth-order valence-electron chi connectivity index (χ4n) is 2.75. The standard InChI is InChI=1S/C15H30N2O/c1-5-6-7-13(16)14(18)17-10-8-12(9-11-17)15(2,3)4/h12-13H,5-11,16H2,1-4H3. The van der Waals surface area contributed by atoms with Gasteiger partial charge in [0.1, 0.15) is 0 Å². The van der Waals surface area contributed by atoms with E-state index in [1.807, 2.05) is 4.90 Å². The lowest BCUT2D eigenvalue weighted by Crippen LogP contribution is -2.48. The number of carbonyl (C=O) groups is 1. The summed E-state index contributed by atoms with van der Waals surface area (Å²) in [5.41, 5.74) is 6.32. The fourth-order valence-corrected chi connectivity index (χ4v) is 2.75. The lowest BCUT2D eigenvalue weighted by molar-refractivity contribution is -0.134. The Hall–Kier alpha value is -0.570. The van der Waals surface area contributed by atoms with Crippen LogP contribution in [0.2, 0.25) is 0 Å². The second-order valence-corrected chi connectivity index (χ2v) is 6.71. The Balaban J connectivity index is 2.40. The van der Waals surface area contributed by atoms with E-state index in [0.29, 0.717) is 5.41 Å². The molecule has 0 aliphatic carbocycles. The number of nitrogens with two attached hydrogens (primary N) is 1. The van der Waals surface area contributed by atoms with Gasteiger partial charge in [0.15, 0.2) is 0 Å². The first-order valence-corrected chi connectivity index (χ1v) is 7.40. The minimum absolute atomic E-state index is 0.163. The molecular formula is C15H30N2O. The molecule has 1 unspecified atom stereocenters. The molecule has 1 aliphatic rings. The highest BCUT2D eigenvalue weighted by molar-refractivity contribution is 5.81. The number of likely N-dealkylation sites (tertiary alicyclic amines) is 1. The Morgan fingerprint density at radius 3 is 2.33 bits per heavy atom. The van der Waals surface area contributed by atoms with E-state index in [9.17, 15) is 4.79 Å². The molecule has 18 heavy (non-hydrogen) atoms. The van der Waals surface area contributed by atoms with E-state index >= 15 is 0 Å². The number of unbranched alkanes of at least 4 members (excludes halogenated alkanes) is 1. The fraction of sp³-hybridized carbons (Fsp3) is 0.933. The maximum Gasteiger partial charge on any atom is 0.239 e. The van der Waals surface area contributed by atoms with Crippen LogP contribution < -0.4 is 5.73 Å². The van der Waals surface area contributed by atoms with Gasteiger partial charge in [0.05, 0.1) is 6.04 Å². The number of carbonyl (C=O) groups excluding carboxylic acids is 1. The zero-order valence-corrected chi connectivity index (χ0v) is 12.5. The van der Waals surface area contributed by atoms with Crippen LogP contribution in [0.1, 0.15) is 59.8 Å². The van der Waals surface area contributed by atoms with Gasteiger partial charge in [-0.3, -0.25) is 4.79 Å². The molecule has 3 nitrogen and oxygen atoms in total. The second-order valence-electron chi connectivity index (χ2n) is 6.71. The first kappa shape index (κ1) is 15.5. The minimum Gasteiger partial charge on any atom is -0.341 e. The van der Waals surface area contributed by atoms with Gasteiger partial charge in [-0.15, -0.1) is 0 Å². The van der Waals surface area contributed by atoms with Gasteiger partial charge in [-0.25, -0.2) is 0 Å². The van der Waals surface area contributed by atoms with Crippen molar-refractivity contribution in [1.29, 1.82) is 0 Å². The number of rotatable bonds is 4. The lowest BCUT2D eigenvalue weighted by Gasteiger charge is -2.39. The highest BCUT2D eigenvalue weighted by atomic mass is 16.2. The van der Waals surface area contributed by atoms with Crippen LogP contribution in [0.25, 0.3) is 0 Å². The smallest absolute Gasteiger partial charge is 0.239 e. The SMILES string of the molecule is CCCCC(N)C(=O)N1CCC(C(C)(C)C)CC1. The molecule has 1 heterocycles. The summed E-state index contributed by atoms with van der Waals surface area (Å²) >= 11 is 0. The van der Waals surface area contributed by atoms with Gasteiger partial charge in [-0.2, -0.15) is 0 Å². The van der Waals surface area contributed by atoms with E-state index in [2.05, 4.69) is 27.7 Å². The van der Waals surface area contributed by atoms with Crippen LogP contribution >= 0.6 is 0 Å². The maximum atomic E-state index is 12.2. The van der Waals surface area contributed by atoms with Gasteiger partial charge < -0.3 is 10.6 Å². The van der Waals surface area contributed by atoms with Crippen LogP contribution in [-0.2, 0) is 4.79 Å². The number of nitrogens with zero attached hydrogens (tertiary/aromatic N) is 1. The lowest BCUT2D eigenvalue weighted by atomic mass is 9.75. The van der Waals surface area contributed by atoms with Crippen LogP contribution in [-0.4, -0.2) is 29.9 Å². The summed E-state index contributed by atoms with van der Waals surface area (Å²) < 4.78 is 0. The van der Waals surface area contributed by atoms with Crippen molar-refractivity contribution >= 4 is 5.91 Å². The van der Waals surface area contributed by atoms with Crippen molar-refractivity contribution in [3.05, 3.63) is 0 Å². The molecule has 1 amide bonds. The highest BCUT2D eigenvalue weighted by Crippen LogP contribution is 2.34. The average molecular weight is 254 g/mol. The van der Waals surface area contributed by atoms with Crippen molar-refractivity contribution < 1.29 is 4.79 Å². The number of hydrogen-bond donors (Lipinski definition) is 1. The van der Waals surface area contributed by atoms with Gasteiger partial charge in [0.25, 0.3) is 0 Å². The van der Waals surface area contributed by atoms with Crippen molar-refractivity contribution in [3.63, 3.8) is 0 Å². The van der Waals surface area contributed by atoms with Gasteiger partial charge >= 0.3 is 0 Å². The third-order valence-corrected chi connectivity index (χ3v) is 4.22. The molecule has 0 aromatic heterocycles. The summed E-state index contributed by atoms with van der Waals surface area (Å²) in [6.45, 7) is 10.8. The van der Waals surface area contributed by atoms with Crippen LogP contribution in [0.5, 0.6) is 0 Å². The normalized spacial score (nSPS) is 19.9. The highest BCUT2D eigenvalue weighted by Gasteiger charge is 2.31. The van der Waals surface area contributed by atoms with Crippen molar-refractivity contribution in [1.82, 2.24) is 4.90 Å². The largest absolute Gasteiger partial charge is 0.341 e. The molecule has 1 fully saturated rings. The number of hydrogen-bond acceptors (Lipinski definition) is 2. The molecule has 0 aromatic carbocycles. The summed E-state index contributed by atoms with van der Waals surface area (Å²) in [6.07, 6.45) is 5.22. The molecule has 3 heteroatoms. The molecule has 1 atom stereocenters. The molecule has 0 saturated carbocycles. The van der Waals surface area contributed by atoms with Crippen LogP contribution in [0.4, 0.5) is 0 Å². The van der Waals surface area contributed by atoms with Crippen LogP contribution in [0.15, 0.2) is 0 Å². The minimum atomic E-state index is -0.281. The van der Waals surface area contributed by atoms with Crippen molar-refractivity contribution in [2.75, 3.05) is 13.1 Å². The predicted molar refractivity (Wildman–Crippen MR) is 76.3 cm³/mol. The Morgan fingerprint density at radius 1 is 1.33 bits per heavy atom. The maximum absolute atomic E-state index is 12.2. The van der Waals surface area contributed by atoms with Gasteiger partial charge in [-0.1, -0.05) is 40.5 Å². The predicted octanol–water partition coefficient (Wildman–Crippen LogP) is 2.79. The average Bonchev–Trinajstić information content (AvgIpc) is 2.34. The van der Waals surface area contributed by atoms with Gasteiger partial charge in [0.2, 0.25) is 5.91 Å². The van der Waals surface area contributed by atoms with Crippen molar-refractivity contribution in [2.24, 2.45) is 17.1 Å². The monoisotopic (exact) mass is 254 g/mol. The van der Waals surface area contributed by atoms with Crippen molar-refractivity contribution in [2.45, 2.75) is 65.8 Å². The first-order chi connectivity index (χ1) is 8.36. The van der Waals surface area contributed by atoms with Crippen molar-refractivity contribution in [3.8, 4) is 0 Å². The molecule has 0 aromatic rings. The van der Waals surface area contributed by atoms with Gasteiger partial charge in [0, 0.05) is 13.1 Å². The zero-order valence-electron chi connectivity index (χ0n) is 12.5. The van der Waals surface area contributed by atoms with Crippen LogP contribution in [0, 0.1) is 11.3 Å². The molecule has 1 saturated heterocycles. The molecule has 1 rings (SSSR count). The zero-order chi connectivity index (χ0) is 13.8. The molecule has 0 spiro atoms. The number of amides is 1. The van der Waals surface area contributed by atoms with E-state index in [0.717, 1.165) is 51.1 Å². The summed E-state index contributed by atoms with van der Waals surface area (Å²) in [4.78, 5) is 14.1. The van der Waals surface area contributed by atoms with Crippen LogP contribution in [0.3, 0.4) is 0 Å². The Morgan fingerprint density at radius 2 is 1.89 bits per heavy atom. The Kier molecular flexibility index (Phi) is 5.64. The van der Waals surface area contributed by atoms with E-state index in [-0.39, 0.29) is 11.9 Å². The Labute approximate surface area is 112 Å². The quantitative estimate of drug-likeness (QED) is 0.838. The molecule has 106 valence electrons.